The summed E-state index contributed by atoms with van der Waals surface area (Å²) in [7, 11) is 0. The number of carbonyl (C=O) groups is 5. The van der Waals surface area contributed by atoms with Gasteiger partial charge in [-0.05, 0) is 106 Å². The number of nitrogen functional groups attached to an aromatic ring is 1. The molecule has 0 aromatic heterocycles. The lowest BCUT2D eigenvalue weighted by molar-refractivity contribution is -0.271. The van der Waals surface area contributed by atoms with Gasteiger partial charge in [-0.3, -0.25) is 19.4 Å². The number of hydrogen-bond acceptors (Lipinski definition) is 17. The number of ketones is 1. The van der Waals surface area contributed by atoms with Gasteiger partial charge in [-0.1, -0.05) is 93.6 Å². The number of ether oxygens (including phenoxy) is 8. The molecule has 3 amide bonds. The van der Waals surface area contributed by atoms with Crippen LogP contribution in [0.15, 0.2) is 97.1 Å². The zero-order valence-corrected chi connectivity index (χ0v) is 46.4. The molecule has 7 N–H and O–H groups in total. The van der Waals surface area contributed by atoms with Crippen LogP contribution in [0.5, 0.6) is 11.5 Å². The molecule has 0 saturated carbocycles. The van der Waals surface area contributed by atoms with Gasteiger partial charge >= 0.3 is 18.2 Å². The molecule has 2 heterocycles. The predicted octanol–water partition coefficient (Wildman–Crippen LogP) is 6.91. The summed E-state index contributed by atoms with van der Waals surface area (Å²) in [6.07, 6.45) is -9.92. The number of carbonyl (C=O) groups excluding carboxylic acids is 4. The van der Waals surface area contributed by atoms with E-state index in [0.29, 0.717) is 36.5 Å². The third-order valence-corrected chi connectivity index (χ3v) is 13.7. The van der Waals surface area contributed by atoms with Crippen LogP contribution in [0.3, 0.4) is 0 Å². The second-order valence-corrected chi connectivity index (χ2v) is 19.9. The number of aliphatic carboxylic acids is 1. The topological polar surface area (TPSA) is 285 Å². The maximum Gasteiger partial charge on any atom is 0.411 e. The van der Waals surface area contributed by atoms with Gasteiger partial charge in [0.2, 0.25) is 18.5 Å². The zero-order chi connectivity index (χ0) is 57.9. The van der Waals surface area contributed by atoms with Gasteiger partial charge in [0.15, 0.2) is 11.9 Å². The number of carboxylic acid groups (broad SMARTS) is 1. The van der Waals surface area contributed by atoms with Crippen molar-refractivity contribution < 1.29 is 82.3 Å². The summed E-state index contributed by atoms with van der Waals surface area (Å²) in [6, 6.07) is 29.6. The number of rotatable bonds is 23. The molecule has 4 aromatic carbocycles. The number of aliphatic hydroxyl groups excluding tert-OH is 3. The predicted molar refractivity (Wildman–Crippen MR) is 290 cm³/mol. The highest BCUT2D eigenvalue weighted by Crippen LogP contribution is 2.38. The van der Waals surface area contributed by atoms with Crippen molar-refractivity contribution in [2.45, 2.75) is 144 Å². The SMILES string of the molecule is CCN(COC(C)Cc1ccccc1)C(=O)OCc1ccc(OC2OC(C(=O)O)C(O)[C@H](O)[C@@H]2O)c(NC(C)=O)c1.CCN(COC(C)Cc1ccccc1)C(=O)OCc1ccc(OC2OC(C(C)=O)C(C)[C@H](C)[C@@H]2C)c(N)c1. The molecule has 432 valence electrons. The molecule has 0 bridgehead atoms. The molecule has 2 fully saturated rings. The lowest BCUT2D eigenvalue weighted by Crippen LogP contribution is -2.61. The Morgan fingerprint density at radius 2 is 1.09 bits per heavy atom. The van der Waals surface area contributed by atoms with Gasteiger partial charge in [0.1, 0.15) is 62.6 Å². The fourth-order valence-electron chi connectivity index (χ4n) is 8.71. The van der Waals surface area contributed by atoms with Crippen molar-refractivity contribution in [1.82, 2.24) is 9.80 Å². The van der Waals surface area contributed by atoms with Crippen LogP contribution in [0, 0.1) is 17.8 Å². The number of nitrogens with two attached hydrogens (primary N) is 1. The number of nitrogens with one attached hydrogen (secondary N) is 1. The summed E-state index contributed by atoms with van der Waals surface area (Å²) in [6.45, 7) is 17.5. The maximum absolute atomic E-state index is 12.7. The van der Waals surface area contributed by atoms with Crippen molar-refractivity contribution in [3.05, 3.63) is 119 Å². The molecule has 8 unspecified atom stereocenters. The van der Waals surface area contributed by atoms with E-state index in [1.165, 1.54) is 40.5 Å². The fourth-order valence-corrected chi connectivity index (χ4v) is 8.71. The van der Waals surface area contributed by atoms with Gasteiger partial charge in [-0.25, -0.2) is 14.4 Å². The summed E-state index contributed by atoms with van der Waals surface area (Å²) in [5.41, 5.74) is 10.3. The highest BCUT2D eigenvalue weighted by Gasteiger charge is 2.48. The Kier molecular flexibility index (Phi) is 24.3. The van der Waals surface area contributed by atoms with Crippen molar-refractivity contribution in [3.8, 4) is 11.5 Å². The summed E-state index contributed by atoms with van der Waals surface area (Å²) < 4.78 is 45.5. The molecule has 0 aliphatic carbocycles. The molecular formula is C58H78N4O17. The first-order chi connectivity index (χ1) is 37.6. The lowest BCUT2D eigenvalue weighted by Gasteiger charge is -2.42. The van der Waals surface area contributed by atoms with Crippen molar-refractivity contribution in [3.63, 3.8) is 0 Å². The minimum atomic E-state index is -1.88. The molecular weight excluding hydrogens is 1020 g/mol. The van der Waals surface area contributed by atoms with Crippen LogP contribution in [-0.2, 0) is 68.9 Å². The van der Waals surface area contributed by atoms with Crippen molar-refractivity contribution in [2.24, 2.45) is 17.8 Å². The Labute approximate surface area is 461 Å². The minimum Gasteiger partial charge on any atom is -0.479 e. The van der Waals surface area contributed by atoms with E-state index in [2.05, 4.69) is 31.3 Å². The van der Waals surface area contributed by atoms with Crippen LogP contribution in [0.2, 0.25) is 0 Å². The smallest absolute Gasteiger partial charge is 0.411 e. The monoisotopic (exact) mass is 1100 g/mol. The third kappa shape index (κ3) is 18.6. The Bertz CT molecular complexity index is 2590. The maximum atomic E-state index is 12.7. The van der Waals surface area contributed by atoms with Crippen LogP contribution in [0.1, 0.15) is 84.6 Å². The number of hydrogen-bond donors (Lipinski definition) is 6. The number of carboxylic acids is 1. The van der Waals surface area contributed by atoms with E-state index in [1.807, 2.05) is 76.2 Å². The molecule has 21 nitrogen and oxygen atoms in total. The molecule has 4 aromatic rings. The molecule has 2 aliphatic heterocycles. The molecule has 2 saturated heterocycles. The highest BCUT2D eigenvalue weighted by atomic mass is 16.7. The quantitative estimate of drug-likeness (QED) is 0.0325. The lowest BCUT2D eigenvalue weighted by atomic mass is 9.78. The average molecular weight is 1100 g/mol. The normalized spacial score (nSPS) is 23.3. The Morgan fingerprint density at radius 3 is 1.56 bits per heavy atom. The van der Waals surface area contributed by atoms with E-state index in [4.69, 9.17) is 43.6 Å². The van der Waals surface area contributed by atoms with Crippen LogP contribution < -0.4 is 20.5 Å². The van der Waals surface area contributed by atoms with Crippen LogP contribution in [0.25, 0.3) is 0 Å². The standard InChI is InChI=1S/C30H42N2O6.C28H36N2O11/c1-7-32(18-36-19(2)15-24-11-9-8-10-12-24)30(34)35-17-25-13-14-27(26(31)16-25)37-29-22(5)20(3)21(4)28(38-29)23(6)33;1-4-30(15-39-16(2)12-18-8-6-5-7-9-18)28(37)38-14-19-10-11-21(20(13-19)29-17(3)31)40-27-24(34)22(32)23(33)25(41-27)26(35)36/h8-14,16,19-22,28-29H,7,15,17-18,31H2,1-6H3;5-11,13,16,22-25,27,32-34H,4,12,14-15H2,1-3H3,(H,29,31)(H,35,36)/t19?,20-,21?,22-,28?,29?;16?,22-,23?,24-,25?,27?/m00/s1. The number of Topliss-reactive ketones (excluding diaryl/α,β-unsaturated/α-hetero) is 1. The number of amides is 3. The van der Waals surface area contributed by atoms with Gasteiger partial charge in [-0.15, -0.1) is 0 Å². The first-order valence-electron chi connectivity index (χ1n) is 26.4. The molecule has 0 spiro atoms. The number of aliphatic hydroxyl groups is 3. The van der Waals surface area contributed by atoms with Crippen LogP contribution in [0.4, 0.5) is 21.0 Å². The van der Waals surface area contributed by atoms with Gasteiger partial charge in [0.05, 0.1) is 23.6 Å². The van der Waals surface area contributed by atoms with Gasteiger partial charge < -0.3 is 69.4 Å². The van der Waals surface area contributed by atoms with Gasteiger partial charge in [0.25, 0.3) is 0 Å². The van der Waals surface area contributed by atoms with E-state index in [0.717, 1.165) is 17.5 Å². The summed E-state index contributed by atoms with van der Waals surface area (Å²) in [4.78, 5) is 63.5. The van der Waals surface area contributed by atoms with E-state index >= 15 is 0 Å². The van der Waals surface area contributed by atoms with E-state index in [1.54, 1.807) is 32.0 Å². The number of nitrogens with zero attached hydrogens (tertiary/aromatic N) is 2. The van der Waals surface area contributed by atoms with Gasteiger partial charge in [0, 0.05) is 25.9 Å². The summed E-state index contributed by atoms with van der Waals surface area (Å²) >= 11 is 0. The Morgan fingerprint density at radius 1 is 0.608 bits per heavy atom. The van der Waals surface area contributed by atoms with E-state index in [9.17, 15) is 44.4 Å². The largest absolute Gasteiger partial charge is 0.479 e. The Hall–Kier alpha value is -6.85. The molecule has 79 heavy (non-hydrogen) atoms. The first kappa shape index (κ1) is 63.0. The van der Waals surface area contributed by atoms with Crippen molar-refractivity contribution >= 4 is 41.2 Å². The van der Waals surface area contributed by atoms with Crippen molar-refractivity contribution in [2.75, 3.05) is 37.6 Å². The number of benzene rings is 4. The molecule has 0 radical (unpaired) electrons. The van der Waals surface area contributed by atoms with E-state index < -0.39 is 67.2 Å². The van der Waals surface area contributed by atoms with Crippen molar-refractivity contribution in [1.29, 1.82) is 0 Å². The van der Waals surface area contributed by atoms with Crippen LogP contribution in [-0.4, -0.2) is 142 Å². The Balaban J connectivity index is 0.000000291. The van der Waals surface area contributed by atoms with E-state index in [-0.39, 0.29) is 73.9 Å². The average Bonchev–Trinajstić information content (AvgIpc) is 3.42. The molecule has 12 atom stereocenters. The minimum absolute atomic E-state index is 0.00726. The fraction of sp³-hybridized carbons (Fsp3) is 0.500. The van der Waals surface area contributed by atoms with Gasteiger partial charge in [-0.2, -0.15) is 0 Å². The zero-order valence-electron chi connectivity index (χ0n) is 46.4. The third-order valence-electron chi connectivity index (χ3n) is 13.7. The molecule has 2 aliphatic rings. The highest BCUT2D eigenvalue weighted by molar-refractivity contribution is 5.90. The van der Waals surface area contributed by atoms with Crippen LogP contribution >= 0.6 is 0 Å². The molecule has 21 heteroatoms. The first-order valence-corrected chi connectivity index (χ1v) is 26.4. The second kappa shape index (κ2) is 30.5. The summed E-state index contributed by atoms with van der Waals surface area (Å²) in [5, 5.41) is 42.0. The molecule has 6 rings (SSSR count). The summed E-state index contributed by atoms with van der Waals surface area (Å²) in [5.74, 6) is -1.16. The number of anilines is 2. The second-order valence-electron chi connectivity index (χ2n) is 19.9.